The number of anilines is 3. The van der Waals surface area contributed by atoms with Crippen molar-refractivity contribution in [3.8, 4) is 5.75 Å². The first-order valence-corrected chi connectivity index (χ1v) is 9.48. The molecule has 3 rings (SSSR count). The zero-order chi connectivity index (χ0) is 20.1. The van der Waals surface area contributed by atoms with Crippen LogP contribution in [-0.2, 0) is 4.79 Å². The van der Waals surface area contributed by atoms with Crippen LogP contribution in [0.1, 0.15) is 10.8 Å². The third-order valence-electron chi connectivity index (χ3n) is 3.73. The number of carbonyl (C=O) groups is 1. The third-order valence-corrected chi connectivity index (χ3v) is 5.14. The largest absolute Gasteiger partial charge is 0.495 e. The highest BCUT2D eigenvalue weighted by atomic mass is 35.5. The quantitative estimate of drug-likeness (QED) is 0.414. The smallest absolute Gasteiger partial charge is 0.242 e. The fourth-order valence-corrected chi connectivity index (χ4v) is 3.72. The number of ether oxygens (including phenoxy) is 1. The predicted octanol–water partition coefficient (Wildman–Crippen LogP) is 3.78. The summed E-state index contributed by atoms with van der Waals surface area (Å²) in [6.45, 7) is 0. The second-order valence-electron chi connectivity index (χ2n) is 5.75. The highest BCUT2D eigenvalue weighted by molar-refractivity contribution is 8.00. The first-order valence-electron chi connectivity index (χ1n) is 8.22. The van der Waals surface area contributed by atoms with Crippen LogP contribution >= 0.6 is 23.4 Å². The summed E-state index contributed by atoms with van der Waals surface area (Å²) in [7, 11) is 1.53. The van der Waals surface area contributed by atoms with Crippen LogP contribution in [0, 0.1) is 0 Å². The Morgan fingerprint density at radius 3 is 2.39 bits per heavy atom. The van der Waals surface area contributed by atoms with Crippen molar-refractivity contribution in [2.45, 2.75) is 10.4 Å². The molecule has 1 aromatic heterocycles. The van der Waals surface area contributed by atoms with Gasteiger partial charge in [0.05, 0.1) is 12.1 Å². The van der Waals surface area contributed by atoms with Gasteiger partial charge in [-0.1, -0.05) is 53.7 Å². The molecule has 144 valence electrons. The van der Waals surface area contributed by atoms with Crippen molar-refractivity contribution in [1.82, 2.24) is 9.97 Å². The number of aromatic nitrogens is 2. The third kappa shape index (κ3) is 4.85. The highest BCUT2D eigenvalue weighted by Gasteiger charge is 2.24. The zero-order valence-corrected chi connectivity index (χ0v) is 16.5. The topological polar surface area (TPSA) is 116 Å². The number of nitrogens with zero attached hydrogens (tertiary/aromatic N) is 2. The van der Waals surface area contributed by atoms with Gasteiger partial charge in [-0.15, -0.1) is 0 Å². The zero-order valence-electron chi connectivity index (χ0n) is 14.9. The van der Waals surface area contributed by atoms with Crippen LogP contribution in [-0.4, -0.2) is 23.0 Å². The number of nitrogen functional groups attached to an aromatic ring is 2. The molecule has 1 atom stereocenters. The summed E-state index contributed by atoms with van der Waals surface area (Å²) in [6, 6.07) is 15.8. The number of amides is 1. The lowest BCUT2D eigenvalue weighted by atomic mass is 10.1. The summed E-state index contributed by atoms with van der Waals surface area (Å²) in [5.41, 5.74) is 12.8. The molecule has 5 N–H and O–H groups in total. The number of thioether (sulfide) groups is 1. The number of benzene rings is 2. The SMILES string of the molecule is COc1ccc(NC(=O)[C@@H](Sc2nc(N)cc(N)n2)c2ccccc2)cc1Cl. The van der Waals surface area contributed by atoms with Crippen LogP contribution in [0.25, 0.3) is 0 Å². The van der Waals surface area contributed by atoms with Crippen LogP contribution in [0.5, 0.6) is 5.75 Å². The van der Waals surface area contributed by atoms with Gasteiger partial charge in [0.1, 0.15) is 22.6 Å². The molecule has 1 amide bonds. The Morgan fingerprint density at radius 2 is 1.79 bits per heavy atom. The number of nitrogens with one attached hydrogen (secondary N) is 1. The minimum absolute atomic E-state index is 0.240. The van der Waals surface area contributed by atoms with E-state index in [0.29, 0.717) is 21.6 Å². The van der Waals surface area contributed by atoms with E-state index < -0.39 is 5.25 Å². The Kier molecular flexibility index (Phi) is 6.23. The molecule has 3 aromatic rings. The molecule has 0 fully saturated rings. The van der Waals surface area contributed by atoms with Gasteiger partial charge in [0.25, 0.3) is 0 Å². The van der Waals surface area contributed by atoms with Crippen molar-refractivity contribution in [3.63, 3.8) is 0 Å². The predicted molar refractivity (Wildman–Crippen MR) is 113 cm³/mol. The standard InChI is InChI=1S/C19H18ClN5O2S/c1-27-14-8-7-12(9-13(14)20)23-18(26)17(11-5-3-2-4-6-11)28-19-24-15(21)10-16(22)25-19/h2-10,17H,1H3,(H,23,26)(H4,21,22,24,25)/t17-/m0/s1. The molecule has 28 heavy (non-hydrogen) atoms. The minimum Gasteiger partial charge on any atom is -0.495 e. The van der Waals surface area contributed by atoms with Gasteiger partial charge in [-0.25, -0.2) is 9.97 Å². The Morgan fingerprint density at radius 1 is 1.11 bits per heavy atom. The molecule has 0 bridgehead atoms. The molecule has 0 radical (unpaired) electrons. The summed E-state index contributed by atoms with van der Waals surface area (Å²) < 4.78 is 5.13. The van der Waals surface area contributed by atoms with E-state index in [-0.39, 0.29) is 17.5 Å². The van der Waals surface area contributed by atoms with Gasteiger partial charge in [-0.2, -0.15) is 0 Å². The molecule has 2 aromatic carbocycles. The number of hydrogen-bond donors (Lipinski definition) is 3. The van der Waals surface area contributed by atoms with Crippen molar-refractivity contribution in [3.05, 3.63) is 65.2 Å². The average molecular weight is 416 g/mol. The molecule has 0 saturated heterocycles. The molecule has 0 saturated carbocycles. The van der Waals surface area contributed by atoms with Gasteiger partial charge in [-0.3, -0.25) is 4.79 Å². The molecule has 0 unspecified atom stereocenters. The number of carbonyl (C=O) groups excluding carboxylic acids is 1. The molecule has 0 spiro atoms. The number of hydrogen-bond acceptors (Lipinski definition) is 7. The Bertz CT molecular complexity index is 967. The summed E-state index contributed by atoms with van der Waals surface area (Å²) in [6.07, 6.45) is 0. The molecular formula is C19H18ClN5O2S. The second-order valence-corrected chi connectivity index (χ2v) is 7.23. The summed E-state index contributed by atoms with van der Waals surface area (Å²) in [5, 5.41) is 2.96. The fourth-order valence-electron chi connectivity index (χ4n) is 2.47. The Labute approximate surface area is 171 Å². The summed E-state index contributed by atoms with van der Waals surface area (Å²) in [4.78, 5) is 21.3. The molecule has 0 aliphatic heterocycles. The Hall–Kier alpha value is -2.97. The molecule has 0 aliphatic rings. The minimum atomic E-state index is -0.622. The van der Waals surface area contributed by atoms with E-state index in [4.69, 9.17) is 27.8 Å². The van der Waals surface area contributed by atoms with E-state index in [1.54, 1.807) is 18.2 Å². The van der Waals surface area contributed by atoms with E-state index in [2.05, 4.69) is 15.3 Å². The van der Waals surface area contributed by atoms with E-state index in [0.717, 1.165) is 17.3 Å². The maximum atomic E-state index is 13.0. The van der Waals surface area contributed by atoms with E-state index in [1.807, 2.05) is 30.3 Å². The normalized spacial score (nSPS) is 11.6. The number of methoxy groups -OCH3 is 1. The number of halogens is 1. The molecule has 7 nitrogen and oxygen atoms in total. The van der Waals surface area contributed by atoms with Gasteiger partial charge in [-0.05, 0) is 23.8 Å². The molecule has 0 aliphatic carbocycles. The van der Waals surface area contributed by atoms with E-state index in [9.17, 15) is 4.79 Å². The average Bonchev–Trinajstić information content (AvgIpc) is 2.66. The fraction of sp³-hybridized carbons (Fsp3) is 0.105. The van der Waals surface area contributed by atoms with Crippen molar-refractivity contribution >= 4 is 46.6 Å². The first kappa shape index (κ1) is 19.8. The maximum Gasteiger partial charge on any atom is 0.242 e. The van der Waals surface area contributed by atoms with E-state index in [1.165, 1.54) is 13.2 Å². The van der Waals surface area contributed by atoms with Gasteiger partial charge >= 0.3 is 0 Å². The summed E-state index contributed by atoms with van der Waals surface area (Å²) in [5.74, 6) is 0.743. The lowest BCUT2D eigenvalue weighted by Gasteiger charge is -2.17. The van der Waals surface area contributed by atoms with Crippen molar-refractivity contribution in [2.75, 3.05) is 23.9 Å². The van der Waals surface area contributed by atoms with Gasteiger partial charge in [0.2, 0.25) is 5.91 Å². The Balaban J connectivity index is 1.88. The van der Waals surface area contributed by atoms with Crippen molar-refractivity contribution < 1.29 is 9.53 Å². The molecule has 9 heteroatoms. The van der Waals surface area contributed by atoms with Crippen molar-refractivity contribution in [2.24, 2.45) is 0 Å². The van der Waals surface area contributed by atoms with Crippen LogP contribution in [0.15, 0.2) is 59.8 Å². The monoisotopic (exact) mass is 415 g/mol. The van der Waals surface area contributed by atoms with Crippen LogP contribution < -0.4 is 21.5 Å². The van der Waals surface area contributed by atoms with E-state index >= 15 is 0 Å². The number of nitrogens with two attached hydrogens (primary N) is 2. The van der Waals surface area contributed by atoms with Crippen LogP contribution in [0.4, 0.5) is 17.3 Å². The van der Waals surface area contributed by atoms with Crippen molar-refractivity contribution in [1.29, 1.82) is 0 Å². The lowest BCUT2D eigenvalue weighted by molar-refractivity contribution is -0.115. The van der Waals surface area contributed by atoms with Crippen LogP contribution in [0.2, 0.25) is 5.02 Å². The molecule has 1 heterocycles. The van der Waals surface area contributed by atoms with Crippen LogP contribution in [0.3, 0.4) is 0 Å². The number of rotatable bonds is 6. The highest BCUT2D eigenvalue weighted by Crippen LogP contribution is 2.35. The van der Waals surface area contributed by atoms with Gasteiger partial charge in [0.15, 0.2) is 5.16 Å². The first-order chi connectivity index (χ1) is 13.5. The maximum absolute atomic E-state index is 13.0. The molecular weight excluding hydrogens is 398 g/mol. The lowest BCUT2D eigenvalue weighted by Crippen LogP contribution is -2.19. The van der Waals surface area contributed by atoms with Gasteiger partial charge < -0.3 is 21.5 Å². The van der Waals surface area contributed by atoms with Gasteiger partial charge in [0, 0.05) is 11.8 Å². The second kappa shape index (κ2) is 8.81. The summed E-state index contributed by atoms with van der Waals surface area (Å²) >= 11 is 7.30.